The maximum absolute atomic E-state index is 11.7. The minimum absolute atomic E-state index is 0.271. The van der Waals surface area contributed by atoms with Crippen molar-refractivity contribution in [3.05, 3.63) is 23.8 Å². The Hall–Kier alpha value is -2.75. The summed E-state index contributed by atoms with van der Waals surface area (Å²) in [4.78, 5) is 22.5. The largest absolute Gasteiger partial charge is 0.495 e. The Morgan fingerprint density at radius 2 is 2.20 bits per heavy atom. The van der Waals surface area contributed by atoms with Gasteiger partial charge in [-0.05, 0) is 18.6 Å². The van der Waals surface area contributed by atoms with Crippen LogP contribution >= 0.6 is 0 Å². The minimum Gasteiger partial charge on any atom is -0.495 e. The smallest absolute Gasteiger partial charge is 0.326 e. The second kappa shape index (κ2) is 6.99. The second-order valence-electron chi connectivity index (χ2n) is 3.92. The van der Waals surface area contributed by atoms with Gasteiger partial charge in [0.25, 0.3) is 0 Å². The third-order valence-corrected chi connectivity index (χ3v) is 2.59. The Labute approximate surface area is 116 Å². The summed E-state index contributed by atoms with van der Waals surface area (Å²) in [7, 11) is 1.41. The van der Waals surface area contributed by atoms with Gasteiger partial charge in [-0.1, -0.05) is 6.92 Å². The zero-order valence-corrected chi connectivity index (χ0v) is 11.1. The highest BCUT2D eigenvalue weighted by Gasteiger charge is 2.18. The first-order valence-electron chi connectivity index (χ1n) is 5.90. The molecule has 0 aromatic heterocycles. The molecule has 1 unspecified atom stereocenters. The number of anilines is 1. The van der Waals surface area contributed by atoms with Gasteiger partial charge >= 0.3 is 12.0 Å². The van der Waals surface area contributed by atoms with Gasteiger partial charge in [0.15, 0.2) is 0 Å². The van der Waals surface area contributed by atoms with Crippen molar-refractivity contribution in [2.75, 3.05) is 12.4 Å². The SMILES string of the molecule is CCC(NC(=O)Nc1ccc(C#N)cc1OC)C(=O)O. The van der Waals surface area contributed by atoms with E-state index in [2.05, 4.69) is 10.6 Å². The van der Waals surface area contributed by atoms with Crippen molar-refractivity contribution in [1.82, 2.24) is 5.32 Å². The number of hydrogen-bond donors (Lipinski definition) is 3. The first kappa shape index (κ1) is 15.3. The van der Waals surface area contributed by atoms with E-state index in [1.807, 2.05) is 6.07 Å². The van der Waals surface area contributed by atoms with Crippen LogP contribution in [0, 0.1) is 11.3 Å². The van der Waals surface area contributed by atoms with Crippen molar-refractivity contribution in [2.45, 2.75) is 19.4 Å². The predicted molar refractivity (Wildman–Crippen MR) is 71.6 cm³/mol. The van der Waals surface area contributed by atoms with E-state index in [0.29, 0.717) is 17.0 Å². The van der Waals surface area contributed by atoms with Crippen molar-refractivity contribution in [2.24, 2.45) is 0 Å². The van der Waals surface area contributed by atoms with Crippen LogP contribution < -0.4 is 15.4 Å². The summed E-state index contributed by atoms with van der Waals surface area (Å²) in [5, 5.41) is 22.4. The molecule has 1 aromatic carbocycles. The summed E-state index contributed by atoms with van der Waals surface area (Å²) in [6, 6.07) is 4.85. The molecule has 2 amide bonds. The summed E-state index contributed by atoms with van der Waals surface area (Å²) < 4.78 is 5.06. The van der Waals surface area contributed by atoms with Crippen LogP contribution in [0.4, 0.5) is 10.5 Å². The van der Waals surface area contributed by atoms with E-state index in [9.17, 15) is 9.59 Å². The van der Waals surface area contributed by atoms with Crippen molar-refractivity contribution < 1.29 is 19.4 Å². The average molecular weight is 277 g/mol. The molecule has 0 fully saturated rings. The molecule has 106 valence electrons. The summed E-state index contributed by atoms with van der Waals surface area (Å²) >= 11 is 0. The Balaban J connectivity index is 2.80. The fraction of sp³-hybridized carbons (Fsp3) is 0.308. The normalized spacial score (nSPS) is 11.1. The van der Waals surface area contributed by atoms with Gasteiger partial charge in [-0.2, -0.15) is 5.26 Å². The lowest BCUT2D eigenvalue weighted by Gasteiger charge is -2.14. The molecule has 1 aromatic rings. The number of nitrogens with one attached hydrogen (secondary N) is 2. The number of benzene rings is 1. The van der Waals surface area contributed by atoms with Crippen LogP contribution in [0.3, 0.4) is 0 Å². The summed E-state index contributed by atoms with van der Waals surface area (Å²) in [6.07, 6.45) is 0.271. The third kappa shape index (κ3) is 3.88. The third-order valence-electron chi connectivity index (χ3n) is 2.59. The molecule has 0 aliphatic heterocycles. The molecule has 1 rings (SSSR count). The lowest BCUT2D eigenvalue weighted by molar-refractivity contribution is -0.139. The van der Waals surface area contributed by atoms with Gasteiger partial charge in [0, 0.05) is 6.07 Å². The molecule has 1 atom stereocenters. The molecule has 20 heavy (non-hydrogen) atoms. The number of carboxylic acid groups (broad SMARTS) is 1. The van der Waals surface area contributed by atoms with Gasteiger partial charge < -0.3 is 20.5 Å². The number of ether oxygens (including phenoxy) is 1. The minimum atomic E-state index is -1.10. The fourth-order valence-corrected chi connectivity index (χ4v) is 1.52. The molecule has 0 radical (unpaired) electrons. The van der Waals surface area contributed by atoms with Gasteiger partial charge in [0.05, 0.1) is 24.4 Å². The number of urea groups is 1. The topological polar surface area (TPSA) is 111 Å². The Morgan fingerprint density at radius 1 is 1.50 bits per heavy atom. The summed E-state index contributed by atoms with van der Waals surface area (Å²) in [6.45, 7) is 1.65. The highest BCUT2D eigenvalue weighted by molar-refractivity contribution is 5.93. The van der Waals surface area contributed by atoms with Crippen LogP contribution in [0.15, 0.2) is 18.2 Å². The predicted octanol–water partition coefficient (Wildman–Crippen LogP) is 1.55. The van der Waals surface area contributed by atoms with E-state index in [1.54, 1.807) is 6.92 Å². The van der Waals surface area contributed by atoms with Crippen LogP contribution in [-0.2, 0) is 4.79 Å². The van der Waals surface area contributed by atoms with E-state index < -0.39 is 18.0 Å². The van der Waals surface area contributed by atoms with E-state index in [1.165, 1.54) is 25.3 Å². The van der Waals surface area contributed by atoms with Crippen molar-refractivity contribution in [3.63, 3.8) is 0 Å². The number of carbonyl (C=O) groups excluding carboxylic acids is 1. The fourth-order valence-electron chi connectivity index (χ4n) is 1.52. The molecule has 0 bridgehead atoms. The van der Waals surface area contributed by atoms with Crippen molar-refractivity contribution in [1.29, 1.82) is 5.26 Å². The Morgan fingerprint density at radius 3 is 2.70 bits per heavy atom. The van der Waals surface area contributed by atoms with Gasteiger partial charge in [-0.15, -0.1) is 0 Å². The zero-order chi connectivity index (χ0) is 15.1. The van der Waals surface area contributed by atoms with Crippen LogP contribution in [-0.4, -0.2) is 30.3 Å². The van der Waals surface area contributed by atoms with Crippen molar-refractivity contribution >= 4 is 17.7 Å². The van der Waals surface area contributed by atoms with E-state index >= 15 is 0 Å². The molecule has 7 heteroatoms. The first-order valence-corrected chi connectivity index (χ1v) is 5.90. The van der Waals surface area contributed by atoms with Crippen LogP contribution in [0.25, 0.3) is 0 Å². The summed E-state index contributed by atoms with van der Waals surface area (Å²) in [5.74, 6) is -0.781. The van der Waals surface area contributed by atoms with Gasteiger partial charge in [0.2, 0.25) is 0 Å². The molecule has 0 aliphatic rings. The number of nitriles is 1. The first-order chi connectivity index (χ1) is 9.51. The number of carbonyl (C=O) groups is 2. The Kier molecular flexibility index (Phi) is 5.35. The molecule has 0 aliphatic carbocycles. The molecule has 0 saturated carbocycles. The van der Waals surface area contributed by atoms with E-state index in [-0.39, 0.29) is 6.42 Å². The number of amides is 2. The number of methoxy groups -OCH3 is 1. The quantitative estimate of drug-likeness (QED) is 0.756. The molecule has 0 spiro atoms. The maximum atomic E-state index is 11.7. The lowest BCUT2D eigenvalue weighted by Crippen LogP contribution is -2.42. The highest BCUT2D eigenvalue weighted by atomic mass is 16.5. The monoisotopic (exact) mass is 277 g/mol. The second-order valence-corrected chi connectivity index (χ2v) is 3.92. The van der Waals surface area contributed by atoms with Gasteiger partial charge in [-0.25, -0.2) is 9.59 Å². The van der Waals surface area contributed by atoms with Gasteiger partial charge in [0.1, 0.15) is 11.8 Å². The molecule has 3 N–H and O–H groups in total. The summed E-state index contributed by atoms with van der Waals surface area (Å²) in [5.41, 5.74) is 0.744. The number of carboxylic acids is 1. The van der Waals surface area contributed by atoms with E-state index in [4.69, 9.17) is 15.1 Å². The maximum Gasteiger partial charge on any atom is 0.326 e. The van der Waals surface area contributed by atoms with Crippen LogP contribution in [0.5, 0.6) is 5.75 Å². The average Bonchev–Trinajstić information content (AvgIpc) is 2.44. The molecule has 7 nitrogen and oxygen atoms in total. The highest BCUT2D eigenvalue weighted by Crippen LogP contribution is 2.25. The number of aliphatic carboxylic acids is 1. The van der Waals surface area contributed by atoms with Crippen LogP contribution in [0.1, 0.15) is 18.9 Å². The zero-order valence-electron chi connectivity index (χ0n) is 11.1. The number of nitrogens with zero attached hydrogens (tertiary/aromatic N) is 1. The molecular weight excluding hydrogens is 262 g/mol. The Bertz CT molecular complexity index is 551. The number of hydrogen-bond acceptors (Lipinski definition) is 4. The van der Waals surface area contributed by atoms with Gasteiger partial charge in [-0.3, -0.25) is 0 Å². The van der Waals surface area contributed by atoms with Crippen molar-refractivity contribution in [3.8, 4) is 11.8 Å². The van der Waals surface area contributed by atoms with Crippen LogP contribution in [0.2, 0.25) is 0 Å². The molecule has 0 heterocycles. The lowest BCUT2D eigenvalue weighted by atomic mass is 10.2. The van der Waals surface area contributed by atoms with E-state index in [0.717, 1.165) is 0 Å². The molecule has 0 saturated heterocycles. The number of rotatable bonds is 5. The standard InChI is InChI=1S/C13H15N3O4/c1-3-9(12(17)18)15-13(19)16-10-5-4-8(7-14)6-11(10)20-2/h4-6,9H,3H2,1-2H3,(H,17,18)(H2,15,16,19). The molecular formula is C13H15N3O4.